The van der Waals surface area contributed by atoms with Crippen molar-refractivity contribution < 1.29 is 0 Å². The Labute approximate surface area is 91.4 Å². The van der Waals surface area contributed by atoms with Gasteiger partial charge in [-0.2, -0.15) is 0 Å². The molecule has 2 heteroatoms. The number of nitrogens with one attached hydrogen (secondary N) is 1. The Hall–Kier alpha value is -1.15. The highest BCUT2D eigenvalue weighted by Crippen LogP contribution is 2.26. The fourth-order valence-electron chi connectivity index (χ4n) is 2.14. The zero-order valence-electron chi connectivity index (χ0n) is 9.24. The van der Waals surface area contributed by atoms with Gasteiger partial charge in [-0.3, -0.25) is 4.99 Å². The lowest BCUT2D eigenvalue weighted by Gasteiger charge is -2.22. The molecular weight excluding hydrogens is 184 g/mol. The molecule has 0 atom stereocenters. The van der Waals surface area contributed by atoms with Gasteiger partial charge in [0.25, 0.3) is 0 Å². The Balaban J connectivity index is 2.08. The van der Waals surface area contributed by atoms with Gasteiger partial charge in [0, 0.05) is 6.21 Å². The van der Waals surface area contributed by atoms with E-state index in [1.54, 1.807) is 0 Å². The van der Waals surface area contributed by atoms with E-state index >= 15 is 0 Å². The third-order valence-electron chi connectivity index (χ3n) is 2.98. The first-order valence-electron chi connectivity index (χ1n) is 5.69. The van der Waals surface area contributed by atoms with Gasteiger partial charge >= 0.3 is 0 Å². The zero-order valence-corrected chi connectivity index (χ0v) is 9.24. The first kappa shape index (κ1) is 10.4. The summed E-state index contributed by atoms with van der Waals surface area (Å²) in [6.45, 7) is 4.25. The van der Waals surface area contributed by atoms with Crippen LogP contribution in [-0.4, -0.2) is 19.3 Å². The van der Waals surface area contributed by atoms with Gasteiger partial charge in [-0.05, 0) is 56.5 Å². The lowest BCUT2D eigenvalue weighted by atomic mass is 9.90. The van der Waals surface area contributed by atoms with E-state index < -0.39 is 0 Å². The second-order valence-corrected chi connectivity index (χ2v) is 4.00. The van der Waals surface area contributed by atoms with Crippen molar-refractivity contribution in [1.82, 2.24) is 5.32 Å². The van der Waals surface area contributed by atoms with Gasteiger partial charge in [0.05, 0.1) is 5.69 Å². The standard InChI is InChI=1S/C13H18N2/c1-2-15-13-5-3-11(4-6-13)12-7-9-14-10-8-12/h2-6,12,14H,7-10H2,1H3. The molecule has 1 aromatic carbocycles. The summed E-state index contributed by atoms with van der Waals surface area (Å²) in [5.41, 5.74) is 2.52. The molecule has 15 heavy (non-hydrogen) atoms. The maximum Gasteiger partial charge on any atom is 0.0625 e. The summed E-state index contributed by atoms with van der Waals surface area (Å²) in [5.74, 6) is 0.742. The Morgan fingerprint density at radius 3 is 2.47 bits per heavy atom. The van der Waals surface area contributed by atoms with Crippen molar-refractivity contribution in [3.8, 4) is 0 Å². The molecule has 0 spiro atoms. The second kappa shape index (κ2) is 5.08. The van der Waals surface area contributed by atoms with Crippen LogP contribution in [0, 0.1) is 0 Å². The van der Waals surface area contributed by atoms with Crippen molar-refractivity contribution in [2.75, 3.05) is 13.1 Å². The number of hydrogen-bond acceptors (Lipinski definition) is 2. The first-order chi connectivity index (χ1) is 7.40. The van der Waals surface area contributed by atoms with Crippen LogP contribution in [0.2, 0.25) is 0 Å². The van der Waals surface area contributed by atoms with Crippen molar-refractivity contribution in [2.24, 2.45) is 4.99 Å². The van der Waals surface area contributed by atoms with Crippen LogP contribution in [0.4, 0.5) is 5.69 Å². The van der Waals surface area contributed by atoms with E-state index in [9.17, 15) is 0 Å². The minimum atomic E-state index is 0.742. The van der Waals surface area contributed by atoms with Crippen LogP contribution >= 0.6 is 0 Å². The van der Waals surface area contributed by atoms with E-state index in [0.717, 1.165) is 24.7 Å². The van der Waals surface area contributed by atoms with E-state index in [1.165, 1.54) is 18.4 Å². The van der Waals surface area contributed by atoms with Gasteiger partial charge in [-0.15, -0.1) is 0 Å². The maximum absolute atomic E-state index is 4.26. The molecule has 1 aliphatic rings. The molecule has 1 aliphatic heterocycles. The molecule has 2 nitrogen and oxygen atoms in total. The first-order valence-corrected chi connectivity index (χ1v) is 5.69. The number of aliphatic imine (C=N–C) groups is 1. The Bertz CT molecular complexity index is 321. The SMILES string of the molecule is CC=Nc1ccc(C2CCNCC2)cc1. The molecule has 0 aliphatic carbocycles. The van der Waals surface area contributed by atoms with Crippen LogP contribution in [0.15, 0.2) is 29.3 Å². The van der Waals surface area contributed by atoms with Crippen LogP contribution in [0.5, 0.6) is 0 Å². The van der Waals surface area contributed by atoms with E-state index in [-0.39, 0.29) is 0 Å². The fourth-order valence-corrected chi connectivity index (χ4v) is 2.14. The maximum atomic E-state index is 4.26. The van der Waals surface area contributed by atoms with Gasteiger partial charge in [0.15, 0.2) is 0 Å². The van der Waals surface area contributed by atoms with Crippen LogP contribution < -0.4 is 5.32 Å². The van der Waals surface area contributed by atoms with Gasteiger partial charge in [0.1, 0.15) is 0 Å². The van der Waals surface area contributed by atoms with E-state index in [1.807, 2.05) is 13.1 Å². The van der Waals surface area contributed by atoms with E-state index in [0.29, 0.717) is 0 Å². The van der Waals surface area contributed by atoms with Crippen LogP contribution in [0.1, 0.15) is 31.2 Å². The molecule has 0 unspecified atom stereocenters. The molecule has 0 aromatic heterocycles. The molecule has 80 valence electrons. The minimum absolute atomic E-state index is 0.742. The number of benzene rings is 1. The topological polar surface area (TPSA) is 24.4 Å². The second-order valence-electron chi connectivity index (χ2n) is 4.00. The molecule has 1 fully saturated rings. The Kier molecular flexibility index (Phi) is 3.51. The smallest absolute Gasteiger partial charge is 0.0625 e. The van der Waals surface area contributed by atoms with Gasteiger partial charge in [-0.25, -0.2) is 0 Å². The summed E-state index contributed by atoms with van der Waals surface area (Å²) in [6, 6.07) is 8.66. The molecule has 2 rings (SSSR count). The summed E-state index contributed by atoms with van der Waals surface area (Å²) in [7, 11) is 0. The average Bonchev–Trinajstić information content (AvgIpc) is 2.32. The Morgan fingerprint density at radius 2 is 1.87 bits per heavy atom. The van der Waals surface area contributed by atoms with Gasteiger partial charge < -0.3 is 5.32 Å². The lowest BCUT2D eigenvalue weighted by molar-refractivity contribution is 0.460. The minimum Gasteiger partial charge on any atom is -0.317 e. The quantitative estimate of drug-likeness (QED) is 0.733. The number of piperidine rings is 1. The van der Waals surface area contributed by atoms with E-state index in [2.05, 4.69) is 34.6 Å². The molecular formula is C13H18N2. The summed E-state index contributed by atoms with van der Waals surface area (Å²) in [6.07, 6.45) is 4.35. The lowest BCUT2D eigenvalue weighted by Crippen LogP contribution is -2.26. The van der Waals surface area contributed by atoms with Crippen LogP contribution in [0.25, 0.3) is 0 Å². The van der Waals surface area contributed by atoms with Crippen molar-refractivity contribution in [1.29, 1.82) is 0 Å². The largest absolute Gasteiger partial charge is 0.317 e. The van der Waals surface area contributed by atoms with Crippen molar-refractivity contribution in [3.05, 3.63) is 29.8 Å². The number of hydrogen-bond donors (Lipinski definition) is 1. The van der Waals surface area contributed by atoms with E-state index in [4.69, 9.17) is 0 Å². The highest BCUT2D eigenvalue weighted by Gasteiger charge is 2.14. The molecule has 0 radical (unpaired) electrons. The van der Waals surface area contributed by atoms with Crippen molar-refractivity contribution in [3.63, 3.8) is 0 Å². The molecule has 1 heterocycles. The molecule has 0 amide bonds. The van der Waals surface area contributed by atoms with Gasteiger partial charge in [-0.1, -0.05) is 12.1 Å². The zero-order chi connectivity index (χ0) is 10.5. The molecule has 1 saturated heterocycles. The molecule has 1 aromatic rings. The van der Waals surface area contributed by atoms with Gasteiger partial charge in [0.2, 0.25) is 0 Å². The monoisotopic (exact) mass is 202 g/mol. The number of rotatable bonds is 2. The summed E-state index contributed by atoms with van der Waals surface area (Å²) >= 11 is 0. The van der Waals surface area contributed by atoms with Crippen molar-refractivity contribution in [2.45, 2.75) is 25.7 Å². The van der Waals surface area contributed by atoms with Crippen LogP contribution in [0.3, 0.4) is 0 Å². The van der Waals surface area contributed by atoms with Crippen molar-refractivity contribution >= 4 is 11.9 Å². The summed E-state index contributed by atoms with van der Waals surface area (Å²) in [4.78, 5) is 4.26. The molecule has 0 saturated carbocycles. The average molecular weight is 202 g/mol. The molecule has 1 N–H and O–H groups in total. The van der Waals surface area contributed by atoms with Crippen LogP contribution in [-0.2, 0) is 0 Å². The molecule has 0 bridgehead atoms. The normalized spacial score (nSPS) is 18.5. The predicted molar refractivity (Wildman–Crippen MR) is 65.1 cm³/mol. The fraction of sp³-hybridized carbons (Fsp3) is 0.462. The summed E-state index contributed by atoms with van der Waals surface area (Å²) < 4.78 is 0. The highest BCUT2D eigenvalue weighted by molar-refractivity contribution is 5.60. The third kappa shape index (κ3) is 2.66. The summed E-state index contributed by atoms with van der Waals surface area (Å²) in [5, 5.41) is 3.39. The Morgan fingerprint density at radius 1 is 1.20 bits per heavy atom. The highest BCUT2D eigenvalue weighted by atomic mass is 14.9. The predicted octanol–water partition coefficient (Wildman–Crippen LogP) is 2.88. The number of nitrogens with zero attached hydrogens (tertiary/aromatic N) is 1. The third-order valence-corrected chi connectivity index (χ3v) is 2.98.